The number of carbonyl (C=O) groups is 4. The maximum atomic E-state index is 12.8. The highest BCUT2D eigenvalue weighted by Crippen LogP contribution is 2.33. The summed E-state index contributed by atoms with van der Waals surface area (Å²) in [6, 6.07) is 3.73. The molecule has 0 aromatic heterocycles. The number of nitrogens with one attached hydrogen (secondary N) is 1. The minimum Gasteiger partial charge on any atom is -0.490 e. The third-order valence-corrected chi connectivity index (χ3v) is 4.33. The van der Waals surface area contributed by atoms with Crippen molar-refractivity contribution >= 4 is 36.3 Å². The third-order valence-electron chi connectivity index (χ3n) is 4.15. The molecule has 4 amide bonds. The number of piperidine rings is 1. The van der Waals surface area contributed by atoms with E-state index in [9.17, 15) is 19.2 Å². The molecule has 3 rings (SSSR count). The number of carbonyl (C=O) groups excluding carboxylic acids is 4. The van der Waals surface area contributed by atoms with Gasteiger partial charge in [0.25, 0.3) is 11.8 Å². The van der Waals surface area contributed by atoms with Crippen molar-refractivity contribution in [3.63, 3.8) is 0 Å². The lowest BCUT2D eigenvalue weighted by Gasteiger charge is -2.27. The van der Waals surface area contributed by atoms with Gasteiger partial charge in [-0.15, -0.1) is 0 Å². The molecule has 1 saturated heterocycles. The van der Waals surface area contributed by atoms with Crippen molar-refractivity contribution in [2.45, 2.75) is 18.9 Å². The Labute approximate surface area is 155 Å². The molecule has 0 spiro atoms. The topological polar surface area (TPSA) is 102 Å². The Balaban J connectivity index is 1.78. The second-order valence-electron chi connectivity index (χ2n) is 5.81. The first-order chi connectivity index (χ1) is 12.5. The average Bonchev–Trinajstić information content (AvgIpc) is 2.87. The lowest BCUT2D eigenvalue weighted by molar-refractivity contribution is -0.136. The van der Waals surface area contributed by atoms with Crippen molar-refractivity contribution < 1.29 is 28.7 Å². The van der Waals surface area contributed by atoms with Gasteiger partial charge in [0.1, 0.15) is 18.4 Å². The van der Waals surface area contributed by atoms with Gasteiger partial charge in [-0.25, -0.2) is 0 Å². The molecule has 138 valence electrons. The summed E-state index contributed by atoms with van der Waals surface area (Å²) in [5.41, 5.74) is 0.324. The molecule has 8 nitrogen and oxygen atoms in total. The molecule has 2 aliphatic rings. The van der Waals surface area contributed by atoms with Crippen LogP contribution in [0.15, 0.2) is 18.2 Å². The van der Waals surface area contributed by atoms with E-state index in [1.807, 2.05) is 0 Å². The first-order valence-electron chi connectivity index (χ1n) is 8.20. The summed E-state index contributed by atoms with van der Waals surface area (Å²) >= 11 is 4.03. The van der Waals surface area contributed by atoms with Gasteiger partial charge >= 0.3 is 0 Å². The summed E-state index contributed by atoms with van der Waals surface area (Å²) in [5.74, 6) is -1.34. The Bertz CT molecular complexity index is 766. The predicted molar refractivity (Wildman–Crippen MR) is 93.3 cm³/mol. The van der Waals surface area contributed by atoms with Gasteiger partial charge in [-0.1, -0.05) is 6.07 Å². The van der Waals surface area contributed by atoms with E-state index < -0.39 is 29.7 Å². The SMILES string of the molecule is O=C1CCC(N2C(=O)c3cccc(OCCOCCS)c3C2=O)C(=O)N1. The van der Waals surface area contributed by atoms with Gasteiger partial charge in [-0.05, 0) is 18.6 Å². The zero-order valence-corrected chi connectivity index (χ0v) is 14.8. The van der Waals surface area contributed by atoms with Gasteiger partial charge in [0, 0.05) is 12.2 Å². The number of hydrogen-bond donors (Lipinski definition) is 2. The summed E-state index contributed by atoms with van der Waals surface area (Å²) in [6.07, 6.45) is 0.194. The minimum absolute atomic E-state index is 0.0790. The monoisotopic (exact) mass is 378 g/mol. The van der Waals surface area contributed by atoms with Gasteiger partial charge in [0.2, 0.25) is 11.8 Å². The van der Waals surface area contributed by atoms with Gasteiger partial charge in [0.05, 0.1) is 24.3 Å². The molecule has 0 aliphatic carbocycles. The van der Waals surface area contributed by atoms with E-state index in [0.717, 1.165) is 4.90 Å². The number of fused-ring (bicyclic) bond motifs is 1. The molecule has 26 heavy (non-hydrogen) atoms. The maximum Gasteiger partial charge on any atom is 0.266 e. The van der Waals surface area contributed by atoms with Gasteiger partial charge in [-0.3, -0.25) is 29.4 Å². The highest BCUT2D eigenvalue weighted by Gasteiger charge is 2.45. The second-order valence-corrected chi connectivity index (χ2v) is 6.26. The van der Waals surface area contributed by atoms with Crippen LogP contribution in [0.4, 0.5) is 0 Å². The zero-order valence-electron chi connectivity index (χ0n) is 13.9. The van der Waals surface area contributed by atoms with E-state index in [-0.39, 0.29) is 36.3 Å². The van der Waals surface area contributed by atoms with Crippen LogP contribution in [-0.2, 0) is 14.3 Å². The Hall–Kier alpha value is -2.39. The fraction of sp³-hybridized carbons (Fsp3) is 0.412. The number of amides is 4. The van der Waals surface area contributed by atoms with E-state index in [1.54, 1.807) is 12.1 Å². The molecule has 1 N–H and O–H groups in total. The molecule has 1 aromatic rings. The van der Waals surface area contributed by atoms with E-state index in [0.29, 0.717) is 19.0 Å². The van der Waals surface area contributed by atoms with E-state index >= 15 is 0 Å². The van der Waals surface area contributed by atoms with E-state index in [4.69, 9.17) is 9.47 Å². The molecule has 1 fully saturated rings. The lowest BCUT2D eigenvalue weighted by Crippen LogP contribution is -2.54. The average molecular weight is 378 g/mol. The number of imide groups is 2. The third kappa shape index (κ3) is 3.45. The fourth-order valence-corrected chi connectivity index (χ4v) is 3.11. The standard InChI is InChI=1S/C17H18N2O6S/c20-13-5-4-11(15(21)18-13)19-16(22)10-2-1-3-12(14(10)17(19)23)25-7-6-24-8-9-26/h1-3,11,26H,4-9H2,(H,18,20,21). The zero-order chi connectivity index (χ0) is 18.7. The first kappa shape index (κ1) is 18.4. The summed E-state index contributed by atoms with van der Waals surface area (Å²) in [5, 5.41) is 2.16. The molecule has 1 aromatic carbocycles. The normalized spacial score (nSPS) is 19.6. The van der Waals surface area contributed by atoms with Gasteiger partial charge < -0.3 is 9.47 Å². The van der Waals surface area contributed by atoms with Crippen molar-refractivity contribution in [3.05, 3.63) is 29.3 Å². The van der Waals surface area contributed by atoms with Gasteiger partial charge in [-0.2, -0.15) is 12.6 Å². The largest absolute Gasteiger partial charge is 0.490 e. The van der Waals surface area contributed by atoms with Crippen LogP contribution in [0.1, 0.15) is 33.6 Å². The van der Waals surface area contributed by atoms with Crippen molar-refractivity contribution in [1.82, 2.24) is 10.2 Å². The van der Waals surface area contributed by atoms with Crippen LogP contribution in [0.5, 0.6) is 5.75 Å². The molecule has 0 radical (unpaired) electrons. The van der Waals surface area contributed by atoms with Crippen LogP contribution in [0.2, 0.25) is 0 Å². The van der Waals surface area contributed by atoms with Gasteiger partial charge in [0.15, 0.2) is 0 Å². The second kappa shape index (κ2) is 7.88. The van der Waals surface area contributed by atoms with Crippen LogP contribution in [0, 0.1) is 0 Å². The van der Waals surface area contributed by atoms with Crippen molar-refractivity contribution in [2.75, 3.05) is 25.6 Å². The highest BCUT2D eigenvalue weighted by molar-refractivity contribution is 7.80. The van der Waals surface area contributed by atoms with Crippen molar-refractivity contribution in [2.24, 2.45) is 0 Å². The Morgan fingerprint density at radius 2 is 1.92 bits per heavy atom. The number of hydrogen-bond acceptors (Lipinski definition) is 7. The summed E-state index contributed by atoms with van der Waals surface area (Å²) in [6.45, 7) is 1.02. The molecular weight excluding hydrogens is 360 g/mol. The number of nitrogens with zero attached hydrogens (tertiary/aromatic N) is 1. The summed E-state index contributed by atoms with van der Waals surface area (Å²) < 4.78 is 10.9. The fourth-order valence-electron chi connectivity index (χ4n) is 2.98. The smallest absolute Gasteiger partial charge is 0.266 e. The van der Waals surface area contributed by atoms with Crippen LogP contribution in [0.25, 0.3) is 0 Å². The maximum absolute atomic E-state index is 12.8. The lowest BCUT2D eigenvalue weighted by atomic mass is 10.0. The summed E-state index contributed by atoms with van der Waals surface area (Å²) in [7, 11) is 0. The first-order valence-corrected chi connectivity index (χ1v) is 8.84. The molecule has 9 heteroatoms. The Kier molecular flexibility index (Phi) is 5.58. The number of ether oxygens (including phenoxy) is 2. The predicted octanol–water partition coefficient (Wildman–Crippen LogP) is 0.413. The number of benzene rings is 1. The molecule has 0 bridgehead atoms. The minimum atomic E-state index is -0.994. The molecule has 1 atom stereocenters. The molecule has 1 unspecified atom stereocenters. The van der Waals surface area contributed by atoms with E-state index in [1.165, 1.54) is 6.07 Å². The Morgan fingerprint density at radius 1 is 1.12 bits per heavy atom. The molecular formula is C17H18N2O6S. The van der Waals surface area contributed by atoms with Crippen molar-refractivity contribution in [3.8, 4) is 5.75 Å². The molecule has 0 saturated carbocycles. The van der Waals surface area contributed by atoms with Crippen molar-refractivity contribution in [1.29, 1.82) is 0 Å². The highest BCUT2D eigenvalue weighted by atomic mass is 32.1. The quantitative estimate of drug-likeness (QED) is 0.405. The summed E-state index contributed by atoms with van der Waals surface area (Å²) in [4.78, 5) is 49.7. The molecule has 2 heterocycles. The van der Waals surface area contributed by atoms with Crippen LogP contribution >= 0.6 is 12.6 Å². The number of thiol groups is 1. The van der Waals surface area contributed by atoms with Crippen LogP contribution in [-0.4, -0.2) is 60.1 Å². The van der Waals surface area contributed by atoms with Crippen LogP contribution in [0.3, 0.4) is 0 Å². The van der Waals surface area contributed by atoms with Crippen LogP contribution < -0.4 is 10.1 Å². The Morgan fingerprint density at radius 3 is 2.65 bits per heavy atom. The number of rotatable bonds is 7. The van der Waals surface area contributed by atoms with E-state index in [2.05, 4.69) is 17.9 Å². The molecule has 2 aliphatic heterocycles.